The molecule has 0 saturated heterocycles. The maximum atomic E-state index is 11.4. The van der Waals surface area contributed by atoms with Gasteiger partial charge in [-0.15, -0.1) is 0 Å². The van der Waals surface area contributed by atoms with E-state index in [0.717, 1.165) is 37.1 Å². The predicted molar refractivity (Wildman–Crippen MR) is 79.2 cm³/mol. The molecule has 1 amide bonds. The standard InChI is InChI=1S/C15H23N3O/c1-2-15(19)18-14-5-3-4-13(10-14)17-12-8-6-11(16)7-9-12/h3-5,10-12,17H,2,6-9,16H2,1H3,(H,18,19). The molecule has 19 heavy (non-hydrogen) atoms. The second kappa shape index (κ2) is 6.57. The van der Waals surface area contributed by atoms with Gasteiger partial charge in [-0.3, -0.25) is 4.79 Å². The van der Waals surface area contributed by atoms with Gasteiger partial charge in [-0.05, 0) is 43.9 Å². The van der Waals surface area contributed by atoms with Gasteiger partial charge < -0.3 is 16.4 Å². The summed E-state index contributed by atoms with van der Waals surface area (Å²) in [5.41, 5.74) is 7.82. The first-order valence-electron chi connectivity index (χ1n) is 7.09. The Hall–Kier alpha value is -1.55. The number of hydrogen-bond donors (Lipinski definition) is 3. The van der Waals surface area contributed by atoms with Crippen molar-refractivity contribution in [2.24, 2.45) is 5.73 Å². The van der Waals surface area contributed by atoms with Crippen LogP contribution in [0.25, 0.3) is 0 Å². The van der Waals surface area contributed by atoms with E-state index in [-0.39, 0.29) is 5.91 Å². The van der Waals surface area contributed by atoms with Gasteiger partial charge >= 0.3 is 0 Å². The molecule has 0 spiro atoms. The van der Waals surface area contributed by atoms with Gasteiger partial charge in [0.2, 0.25) is 5.91 Å². The van der Waals surface area contributed by atoms with Crippen molar-refractivity contribution in [2.45, 2.75) is 51.1 Å². The predicted octanol–water partition coefficient (Wildman–Crippen LogP) is 2.72. The zero-order valence-electron chi connectivity index (χ0n) is 11.5. The van der Waals surface area contributed by atoms with Gasteiger partial charge in [-0.1, -0.05) is 13.0 Å². The first-order chi connectivity index (χ1) is 9.17. The number of carbonyl (C=O) groups excluding carboxylic acids is 1. The van der Waals surface area contributed by atoms with Crippen LogP contribution in [0.1, 0.15) is 39.0 Å². The summed E-state index contributed by atoms with van der Waals surface area (Å²) in [5.74, 6) is 0.0424. The van der Waals surface area contributed by atoms with Crippen LogP contribution in [0, 0.1) is 0 Å². The second-order valence-electron chi connectivity index (χ2n) is 5.24. The SMILES string of the molecule is CCC(=O)Nc1cccc(NC2CCC(N)CC2)c1. The average molecular weight is 261 g/mol. The van der Waals surface area contributed by atoms with Crippen molar-refractivity contribution < 1.29 is 4.79 Å². The average Bonchev–Trinajstić information content (AvgIpc) is 2.42. The van der Waals surface area contributed by atoms with Gasteiger partial charge in [0.05, 0.1) is 0 Å². The normalized spacial score (nSPS) is 22.8. The third-order valence-electron chi connectivity index (χ3n) is 3.61. The smallest absolute Gasteiger partial charge is 0.224 e. The summed E-state index contributed by atoms with van der Waals surface area (Å²) in [6.07, 6.45) is 4.91. The summed E-state index contributed by atoms with van der Waals surface area (Å²) in [7, 11) is 0. The Morgan fingerprint density at radius 2 is 1.95 bits per heavy atom. The number of hydrogen-bond acceptors (Lipinski definition) is 3. The molecule has 4 N–H and O–H groups in total. The van der Waals surface area contributed by atoms with E-state index in [2.05, 4.69) is 10.6 Å². The minimum absolute atomic E-state index is 0.0424. The van der Waals surface area contributed by atoms with Gasteiger partial charge in [0, 0.05) is 29.9 Å². The molecule has 1 aliphatic rings. The number of anilines is 2. The van der Waals surface area contributed by atoms with Crippen molar-refractivity contribution >= 4 is 17.3 Å². The lowest BCUT2D eigenvalue weighted by molar-refractivity contribution is -0.115. The van der Waals surface area contributed by atoms with E-state index in [4.69, 9.17) is 5.73 Å². The fourth-order valence-electron chi connectivity index (χ4n) is 2.44. The van der Waals surface area contributed by atoms with Crippen molar-refractivity contribution in [3.8, 4) is 0 Å². The lowest BCUT2D eigenvalue weighted by Gasteiger charge is -2.27. The first kappa shape index (κ1) is 13.9. The van der Waals surface area contributed by atoms with Gasteiger partial charge in [0.25, 0.3) is 0 Å². The van der Waals surface area contributed by atoms with Crippen LogP contribution in [0.15, 0.2) is 24.3 Å². The highest BCUT2D eigenvalue weighted by Crippen LogP contribution is 2.23. The van der Waals surface area contributed by atoms with Crippen LogP contribution in [-0.4, -0.2) is 18.0 Å². The summed E-state index contributed by atoms with van der Waals surface area (Å²) < 4.78 is 0. The molecule has 1 aliphatic carbocycles. The van der Waals surface area contributed by atoms with Crippen molar-refractivity contribution in [1.29, 1.82) is 0 Å². The van der Waals surface area contributed by atoms with Gasteiger partial charge in [0.1, 0.15) is 0 Å². The Labute approximate surface area is 114 Å². The molecule has 4 heteroatoms. The van der Waals surface area contributed by atoms with E-state index in [0.29, 0.717) is 18.5 Å². The van der Waals surface area contributed by atoms with E-state index in [1.165, 1.54) is 0 Å². The topological polar surface area (TPSA) is 67.2 Å². The number of carbonyl (C=O) groups is 1. The summed E-state index contributed by atoms with van der Waals surface area (Å²) >= 11 is 0. The van der Waals surface area contributed by atoms with E-state index in [1.54, 1.807) is 0 Å². The minimum atomic E-state index is 0.0424. The maximum absolute atomic E-state index is 11.4. The van der Waals surface area contributed by atoms with E-state index in [9.17, 15) is 4.79 Å². The molecule has 104 valence electrons. The van der Waals surface area contributed by atoms with Crippen molar-refractivity contribution in [3.63, 3.8) is 0 Å². The molecule has 1 aromatic rings. The lowest BCUT2D eigenvalue weighted by Crippen LogP contribution is -2.32. The van der Waals surface area contributed by atoms with Gasteiger partial charge in [0.15, 0.2) is 0 Å². The molecule has 0 bridgehead atoms. The molecule has 1 fully saturated rings. The Balaban J connectivity index is 1.93. The third-order valence-corrected chi connectivity index (χ3v) is 3.61. The Kier molecular flexibility index (Phi) is 4.80. The molecule has 0 radical (unpaired) electrons. The summed E-state index contributed by atoms with van der Waals surface area (Å²) in [6, 6.07) is 8.76. The van der Waals surface area contributed by atoms with Crippen molar-refractivity contribution in [2.75, 3.05) is 10.6 Å². The molecule has 0 aromatic heterocycles. The van der Waals surface area contributed by atoms with Gasteiger partial charge in [-0.25, -0.2) is 0 Å². The van der Waals surface area contributed by atoms with Crippen LogP contribution in [0.4, 0.5) is 11.4 Å². The Morgan fingerprint density at radius 1 is 1.26 bits per heavy atom. The summed E-state index contributed by atoms with van der Waals surface area (Å²) in [6.45, 7) is 1.85. The fraction of sp³-hybridized carbons (Fsp3) is 0.533. The second-order valence-corrected chi connectivity index (χ2v) is 5.24. The molecule has 0 atom stereocenters. The summed E-state index contributed by atoms with van der Waals surface area (Å²) in [5, 5.41) is 6.40. The largest absolute Gasteiger partial charge is 0.382 e. The highest BCUT2D eigenvalue weighted by atomic mass is 16.1. The van der Waals surface area contributed by atoms with Gasteiger partial charge in [-0.2, -0.15) is 0 Å². The lowest BCUT2D eigenvalue weighted by atomic mass is 9.91. The minimum Gasteiger partial charge on any atom is -0.382 e. The molecule has 4 nitrogen and oxygen atoms in total. The molecule has 0 heterocycles. The number of rotatable bonds is 4. The zero-order valence-corrected chi connectivity index (χ0v) is 11.5. The Morgan fingerprint density at radius 3 is 2.63 bits per heavy atom. The van der Waals surface area contributed by atoms with Crippen LogP contribution in [-0.2, 0) is 4.79 Å². The van der Waals surface area contributed by atoms with Crippen molar-refractivity contribution in [1.82, 2.24) is 0 Å². The molecule has 1 saturated carbocycles. The van der Waals surface area contributed by atoms with Crippen molar-refractivity contribution in [3.05, 3.63) is 24.3 Å². The number of nitrogens with two attached hydrogens (primary N) is 1. The molecule has 1 aromatic carbocycles. The molecular formula is C15H23N3O. The Bertz CT molecular complexity index is 425. The fourth-order valence-corrected chi connectivity index (χ4v) is 2.44. The first-order valence-corrected chi connectivity index (χ1v) is 7.09. The van der Waals surface area contributed by atoms with E-state index < -0.39 is 0 Å². The number of amides is 1. The van der Waals surface area contributed by atoms with Crippen LogP contribution in [0.5, 0.6) is 0 Å². The van der Waals surface area contributed by atoms with E-state index in [1.807, 2.05) is 31.2 Å². The van der Waals surface area contributed by atoms with E-state index >= 15 is 0 Å². The third kappa shape index (κ3) is 4.24. The van der Waals surface area contributed by atoms with Crippen LogP contribution in [0.2, 0.25) is 0 Å². The van der Waals surface area contributed by atoms with Crippen LogP contribution in [0.3, 0.4) is 0 Å². The summed E-state index contributed by atoms with van der Waals surface area (Å²) in [4.78, 5) is 11.4. The zero-order chi connectivity index (χ0) is 13.7. The van der Waals surface area contributed by atoms with Crippen LogP contribution >= 0.6 is 0 Å². The highest BCUT2D eigenvalue weighted by Gasteiger charge is 2.18. The molecule has 2 rings (SSSR count). The molecule has 0 aliphatic heterocycles. The van der Waals surface area contributed by atoms with Crippen LogP contribution < -0.4 is 16.4 Å². The molecular weight excluding hydrogens is 238 g/mol. The maximum Gasteiger partial charge on any atom is 0.224 e. The highest BCUT2D eigenvalue weighted by molar-refractivity contribution is 5.90. The number of nitrogens with one attached hydrogen (secondary N) is 2. The number of benzene rings is 1. The quantitative estimate of drug-likeness (QED) is 0.780. The monoisotopic (exact) mass is 261 g/mol. The molecule has 0 unspecified atom stereocenters.